The average Bonchev–Trinajstić information content (AvgIpc) is 3.24. The minimum absolute atomic E-state index is 0.0907. The molecule has 0 aromatic carbocycles. The van der Waals surface area contributed by atoms with E-state index in [2.05, 4.69) is 63.3 Å². The van der Waals surface area contributed by atoms with Gasteiger partial charge >= 0.3 is 17.9 Å². The van der Waals surface area contributed by atoms with Gasteiger partial charge in [-0.25, -0.2) is 0 Å². The van der Waals surface area contributed by atoms with E-state index >= 15 is 0 Å². The van der Waals surface area contributed by atoms with E-state index in [1.807, 2.05) is 18.2 Å². The summed E-state index contributed by atoms with van der Waals surface area (Å²) in [4.78, 5) is 37.8. The first-order chi connectivity index (χ1) is 29.5. The van der Waals surface area contributed by atoms with Crippen molar-refractivity contribution in [3.63, 3.8) is 0 Å². The quantitative estimate of drug-likeness (QED) is 0.0200. The van der Waals surface area contributed by atoms with Crippen LogP contribution in [0.2, 0.25) is 0 Å². The highest BCUT2D eigenvalue weighted by Crippen LogP contribution is 2.16. The third-order valence-corrected chi connectivity index (χ3v) is 10.9. The molecule has 346 valence electrons. The summed E-state index contributed by atoms with van der Waals surface area (Å²) >= 11 is 0. The maximum Gasteiger partial charge on any atom is 0.306 e. The number of esters is 3. The first kappa shape index (κ1) is 57.1. The van der Waals surface area contributed by atoms with Crippen molar-refractivity contribution >= 4 is 17.9 Å². The molecule has 0 aromatic heterocycles. The molecule has 0 N–H and O–H groups in total. The number of allylic oxidation sites excluding steroid dienone is 10. The van der Waals surface area contributed by atoms with E-state index in [1.54, 1.807) is 0 Å². The Morgan fingerprint density at radius 1 is 0.350 bits per heavy atom. The Balaban J connectivity index is 4.34. The molecular formula is C54H94O6. The first-order valence-corrected chi connectivity index (χ1v) is 25.3. The van der Waals surface area contributed by atoms with E-state index in [-0.39, 0.29) is 31.1 Å². The molecule has 0 aromatic rings. The van der Waals surface area contributed by atoms with Crippen LogP contribution in [0.3, 0.4) is 0 Å². The lowest BCUT2D eigenvalue weighted by molar-refractivity contribution is -0.167. The Bertz CT molecular complexity index is 1100. The zero-order valence-corrected chi connectivity index (χ0v) is 39.5. The standard InChI is InChI=1S/C54H94O6/c1-4-7-10-13-16-19-21-23-25-26-27-29-30-32-35-38-41-44-47-53(56)59-50-51(49-58-52(55)46-43-40-37-34-18-15-12-9-6-3)60-54(57)48-45-42-39-36-33-31-28-24-22-20-17-14-11-8-5-2/h8,11,14,17,20,22,24,28,34,37,51H,4-7,9-10,12-13,15-16,18-19,21,23,25-27,29-33,35-36,38-50H2,1-3H3/b11-8-,17-14-,22-20-,28-24-,37-34-. The van der Waals surface area contributed by atoms with E-state index in [4.69, 9.17) is 14.2 Å². The summed E-state index contributed by atoms with van der Waals surface area (Å²) in [6.07, 6.45) is 59.3. The number of carbonyl (C=O) groups excluding carboxylic acids is 3. The topological polar surface area (TPSA) is 78.9 Å². The van der Waals surface area contributed by atoms with Gasteiger partial charge in [0.05, 0.1) is 0 Å². The second-order valence-electron chi connectivity index (χ2n) is 16.8. The Labute approximate surface area is 370 Å². The van der Waals surface area contributed by atoms with Crippen LogP contribution in [0.25, 0.3) is 0 Å². The minimum Gasteiger partial charge on any atom is -0.462 e. The van der Waals surface area contributed by atoms with Gasteiger partial charge in [-0.05, 0) is 57.8 Å². The maximum atomic E-state index is 12.8. The molecule has 0 saturated carbocycles. The molecule has 0 amide bonds. The number of ether oxygens (including phenoxy) is 3. The van der Waals surface area contributed by atoms with E-state index in [1.165, 1.54) is 122 Å². The predicted molar refractivity (Wildman–Crippen MR) is 256 cm³/mol. The molecular weight excluding hydrogens is 745 g/mol. The highest BCUT2D eigenvalue weighted by Gasteiger charge is 2.19. The molecule has 1 atom stereocenters. The maximum absolute atomic E-state index is 12.8. The lowest BCUT2D eigenvalue weighted by atomic mass is 10.0. The molecule has 0 heterocycles. The lowest BCUT2D eigenvalue weighted by Crippen LogP contribution is -2.30. The van der Waals surface area contributed by atoms with Crippen molar-refractivity contribution in [2.45, 2.75) is 252 Å². The Morgan fingerprint density at radius 2 is 0.683 bits per heavy atom. The van der Waals surface area contributed by atoms with Gasteiger partial charge in [0.15, 0.2) is 6.10 Å². The van der Waals surface area contributed by atoms with Gasteiger partial charge in [-0.2, -0.15) is 0 Å². The largest absolute Gasteiger partial charge is 0.462 e. The fourth-order valence-corrected chi connectivity index (χ4v) is 7.04. The molecule has 60 heavy (non-hydrogen) atoms. The van der Waals surface area contributed by atoms with E-state index < -0.39 is 6.10 Å². The monoisotopic (exact) mass is 839 g/mol. The lowest BCUT2D eigenvalue weighted by Gasteiger charge is -2.18. The van der Waals surface area contributed by atoms with Crippen molar-refractivity contribution in [1.29, 1.82) is 0 Å². The van der Waals surface area contributed by atoms with Gasteiger partial charge in [-0.3, -0.25) is 14.4 Å². The normalized spacial score (nSPS) is 12.5. The number of unbranched alkanes of at least 4 members (excludes halogenated alkanes) is 27. The third kappa shape index (κ3) is 46.2. The van der Waals surface area contributed by atoms with Crippen LogP contribution >= 0.6 is 0 Å². The first-order valence-electron chi connectivity index (χ1n) is 25.3. The molecule has 0 aliphatic carbocycles. The van der Waals surface area contributed by atoms with Crippen LogP contribution in [-0.4, -0.2) is 37.2 Å². The van der Waals surface area contributed by atoms with Crippen LogP contribution < -0.4 is 0 Å². The molecule has 1 unspecified atom stereocenters. The molecule has 0 bridgehead atoms. The third-order valence-electron chi connectivity index (χ3n) is 10.9. The molecule has 0 aliphatic rings. The van der Waals surface area contributed by atoms with Crippen LogP contribution in [0.4, 0.5) is 0 Å². The second-order valence-corrected chi connectivity index (χ2v) is 16.8. The molecule has 0 spiro atoms. The van der Waals surface area contributed by atoms with Gasteiger partial charge in [0, 0.05) is 19.3 Å². The highest BCUT2D eigenvalue weighted by molar-refractivity contribution is 5.71. The Hall–Kier alpha value is -2.89. The summed E-state index contributed by atoms with van der Waals surface area (Å²) in [6.45, 7) is 6.43. The van der Waals surface area contributed by atoms with Gasteiger partial charge in [-0.1, -0.05) is 229 Å². The molecule has 0 rings (SSSR count). The van der Waals surface area contributed by atoms with Gasteiger partial charge in [0.2, 0.25) is 0 Å². The van der Waals surface area contributed by atoms with E-state index in [9.17, 15) is 14.4 Å². The predicted octanol–water partition coefficient (Wildman–Crippen LogP) is 16.5. The molecule has 0 saturated heterocycles. The van der Waals surface area contributed by atoms with Gasteiger partial charge in [0.1, 0.15) is 13.2 Å². The van der Waals surface area contributed by atoms with E-state index in [0.717, 1.165) is 77.0 Å². The van der Waals surface area contributed by atoms with Crippen molar-refractivity contribution in [2.75, 3.05) is 13.2 Å². The molecule has 6 heteroatoms. The smallest absolute Gasteiger partial charge is 0.306 e. The molecule has 0 fully saturated rings. The SMILES string of the molecule is CC\C=C/C=C\C=C/C=C\CCCCCCCC(=O)OC(COC(=O)CCC/C=C\CCCCCC)COC(=O)CCCCCCCCCCCCCCCCCCCC. The fraction of sp³-hybridized carbons (Fsp3) is 0.759. The summed E-state index contributed by atoms with van der Waals surface area (Å²) in [7, 11) is 0. The van der Waals surface area contributed by atoms with Crippen molar-refractivity contribution in [2.24, 2.45) is 0 Å². The summed E-state index contributed by atoms with van der Waals surface area (Å²) in [5, 5.41) is 0. The summed E-state index contributed by atoms with van der Waals surface area (Å²) in [6, 6.07) is 0. The average molecular weight is 839 g/mol. The van der Waals surface area contributed by atoms with Gasteiger partial charge in [-0.15, -0.1) is 0 Å². The fourth-order valence-electron chi connectivity index (χ4n) is 7.04. The number of hydrogen-bond donors (Lipinski definition) is 0. The Kier molecular flexibility index (Phi) is 46.4. The minimum atomic E-state index is -0.794. The van der Waals surface area contributed by atoms with Crippen molar-refractivity contribution in [3.05, 3.63) is 60.8 Å². The zero-order valence-electron chi connectivity index (χ0n) is 39.5. The van der Waals surface area contributed by atoms with Crippen LogP contribution in [0, 0.1) is 0 Å². The van der Waals surface area contributed by atoms with E-state index in [0.29, 0.717) is 25.7 Å². The van der Waals surface area contributed by atoms with Gasteiger partial charge < -0.3 is 14.2 Å². The zero-order chi connectivity index (χ0) is 43.7. The summed E-state index contributed by atoms with van der Waals surface area (Å²) in [5.74, 6) is -0.948. The van der Waals surface area contributed by atoms with Crippen molar-refractivity contribution in [3.8, 4) is 0 Å². The molecule has 0 radical (unpaired) electrons. The van der Waals surface area contributed by atoms with Crippen LogP contribution in [-0.2, 0) is 28.6 Å². The van der Waals surface area contributed by atoms with Crippen molar-refractivity contribution < 1.29 is 28.6 Å². The molecule has 6 nitrogen and oxygen atoms in total. The highest BCUT2D eigenvalue weighted by atomic mass is 16.6. The van der Waals surface area contributed by atoms with Crippen LogP contribution in [0.1, 0.15) is 245 Å². The number of carbonyl (C=O) groups is 3. The Morgan fingerprint density at radius 3 is 1.15 bits per heavy atom. The van der Waals surface area contributed by atoms with Crippen LogP contribution in [0.15, 0.2) is 60.8 Å². The number of rotatable bonds is 45. The number of hydrogen-bond acceptors (Lipinski definition) is 6. The summed E-state index contributed by atoms with van der Waals surface area (Å²) in [5.41, 5.74) is 0. The van der Waals surface area contributed by atoms with Crippen molar-refractivity contribution in [1.82, 2.24) is 0 Å². The summed E-state index contributed by atoms with van der Waals surface area (Å²) < 4.78 is 16.7. The second kappa shape index (κ2) is 48.8. The molecule has 0 aliphatic heterocycles. The van der Waals surface area contributed by atoms with Crippen LogP contribution in [0.5, 0.6) is 0 Å². The van der Waals surface area contributed by atoms with Gasteiger partial charge in [0.25, 0.3) is 0 Å².